The molecule has 0 fully saturated rings. The van der Waals surface area contributed by atoms with E-state index in [0.717, 1.165) is 0 Å². The van der Waals surface area contributed by atoms with Crippen molar-refractivity contribution in [1.29, 1.82) is 0 Å². The molecule has 1 atom stereocenters. The van der Waals surface area contributed by atoms with Gasteiger partial charge in [0.25, 0.3) is 5.91 Å². The topological polar surface area (TPSA) is 119 Å². The highest BCUT2D eigenvalue weighted by Gasteiger charge is 2.44. The van der Waals surface area contributed by atoms with E-state index in [1.165, 1.54) is 31.4 Å². The number of nitrogens with zero attached hydrogens (tertiary/aromatic N) is 1. The number of hydrogen-bond acceptors (Lipinski definition) is 8. The minimum atomic E-state index is -0.882. The van der Waals surface area contributed by atoms with Gasteiger partial charge in [-0.3, -0.25) is 9.59 Å². The molecule has 0 spiro atoms. The predicted octanol–water partition coefficient (Wildman–Crippen LogP) is 1.88. The van der Waals surface area contributed by atoms with Crippen molar-refractivity contribution in [2.45, 2.75) is 6.04 Å². The molecule has 30 heavy (non-hydrogen) atoms. The first-order valence-corrected chi connectivity index (χ1v) is 9.26. The lowest BCUT2D eigenvalue weighted by Crippen LogP contribution is -2.34. The number of furan rings is 1. The predicted molar refractivity (Wildman–Crippen MR) is 105 cm³/mol. The first kappa shape index (κ1) is 21.4. The minimum absolute atomic E-state index is 0.00760. The van der Waals surface area contributed by atoms with Crippen LogP contribution in [0.15, 0.2) is 52.3 Å². The molecule has 2 N–H and O–H groups in total. The van der Waals surface area contributed by atoms with E-state index in [2.05, 4.69) is 0 Å². The lowest BCUT2D eigenvalue weighted by Gasteiger charge is -2.27. The molecule has 1 aliphatic heterocycles. The molecule has 0 bridgehead atoms. The Bertz CT molecular complexity index is 934. The monoisotopic (exact) mass is 417 g/mol. The summed E-state index contributed by atoms with van der Waals surface area (Å²) in [7, 11) is 2.98. The normalized spacial score (nSPS) is 16.3. The van der Waals surface area contributed by atoms with E-state index in [9.17, 15) is 14.7 Å². The summed E-state index contributed by atoms with van der Waals surface area (Å²) >= 11 is 0. The van der Waals surface area contributed by atoms with Crippen LogP contribution in [-0.4, -0.2) is 67.4 Å². The van der Waals surface area contributed by atoms with Crippen LogP contribution in [0.3, 0.4) is 0 Å². The number of aliphatic hydroxyl groups excluding tert-OH is 2. The van der Waals surface area contributed by atoms with Crippen molar-refractivity contribution in [3.63, 3.8) is 0 Å². The van der Waals surface area contributed by atoms with E-state index in [1.807, 2.05) is 0 Å². The van der Waals surface area contributed by atoms with Gasteiger partial charge in [0, 0.05) is 6.54 Å². The van der Waals surface area contributed by atoms with E-state index in [1.54, 1.807) is 24.3 Å². The summed E-state index contributed by atoms with van der Waals surface area (Å²) in [6, 6.07) is 7.12. The van der Waals surface area contributed by atoms with Gasteiger partial charge in [-0.05, 0) is 29.8 Å². The Morgan fingerprint density at radius 3 is 2.57 bits per heavy atom. The number of methoxy groups -OCH3 is 2. The number of amides is 1. The molecule has 3 rings (SSSR count). The number of carbonyl (C=O) groups excluding carboxylic acids is 2. The Kier molecular flexibility index (Phi) is 6.76. The van der Waals surface area contributed by atoms with Gasteiger partial charge >= 0.3 is 0 Å². The van der Waals surface area contributed by atoms with E-state index in [4.69, 9.17) is 23.7 Å². The van der Waals surface area contributed by atoms with Gasteiger partial charge in [-0.25, -0.2) is 0 Å². The van der Waals surface area contributed by atoms with Gasteiger partial charge in [-0.15, -0.1) is 0 Å². The maximum Gasteiger partial charge on any atom is 0.290 e. The second-order valence-electron chi connectivity index (χ2n) is 6.42. The molecule has 1 aliphatic rings. The van der Waals surface area contributed by atoms with Crippen LogP contribution in [0.1, 0.15) is 22.2 Å². The molecule has 2 aromatic rings. The fourth-order valence-corrected chi connectivity index (χ4v) is 3.36. The molecular weight excluding hydrogens is 394 g/mol. The smallest absolute Gasteiger partial charge is 0.290 e. The molecule has 2 heterocycles. The first-order valence-electron chi connectivity index (χ1n) is 9.26. The number of ether oxygens (including phenoxy) is 3. The third-order valence-electron chi connectivity index (χ3n) is 4.73. The van der Waals surface area contributed by atoms with Crippen molar-refractivity contribution in [3.05, 3.63) is 59.3 Å². The fraction of sp³-hybridized carbons (Fsp3) is 0.333. The lowest BCUT2D eigenvalue weighted by molar-refractivity contribution is -0.130. The van der Waals surface area contributed by atoms with Gasteiger partial charge in [0.1, 0.15) is 0 Å². The third kappa shape index (κ3) is 4.03. The van der Waals surface area contributed by atoms with E-state index >= 15 is 0 Å². The van der Waals surface area contributed by atoms with Gasteiger partial charge in [-0.2, -0.15) is 0 Å². The van der Waals surface area contributed by atoms with E-state index in [-0.39, 0.29) is 37.7 Å². The van der Waals surface area contributed by atoms with Crippen molar-refractivity contribution >= 4 is 11.7 Å². The Balaban J connectivity index is 2.03. The van der Waals surface area contributed by atoms with Gasteiger partial charge in [-0.1, -0.05) is 6.07 Å². The van der Waals surface area contributed by atoms with Crippen LogP contribution >= 0.6 is 0 Å². The summed E-state index contributed by atoms with van der Waals surface area (Å²) in [5.41, 5.74) is 0.450. The number of hydrogen-bond donors (Lipinski definition) is 2. The second-order valence-corrected chi connectivity index (χ2v) is 6.42. The summed E-state index contributed by atoms with van der Waals surface area (Å²) < 4.78 is 21.1. The molecule has 1 amide bonds. The molecule has 0 unspecified atom stereocenters. The highest BCUT2D eigenvalue weighted by molar-refractivity contribution is 6.15. The standard InChI is InChI=1S/C21H23NO8/c1-27-14-6-5-13(12-16(14)28-2)18-17(19(24)15-4-3-9-30-15)20(25)21(26)22(18)7-10-29-11-8-23/h3-6,9,12,18,23,25H,7-8,10-11H2,1-2H3/t18-/m0/s1. The molecule has 1 aromatic carbocycles. The van der Waals surface area contributed by atoms with Crippen LogP contribution in [-0.2, 0) is 9.53 Å². The van der Waals surface area contributed by atoms with Crippen LogP contribution in [0, 0.1) is 0 Å². The number of aliphatic hydroxyl groups is 2. The number of rotatable bonds is 10. The Morgan fingerprint density at radius 1 is 1.17 bits per heavy atom. The van der Waals surface area contributed by atoms with Crippen molar-refractivity contribution < 1.29 is 38.4 Å². The Labute approximate surface area is 173 Å². The Morgan fingerprint density at radius 2 is 1.93 bits per heavy atom. The molecule has 9 heteroatoms. The van der Waals surface area contributed by atoms with Crippen molar-refractivity contribution in [3.8, 4) is 11.5 Å². The van der Waals surface area contributed by atoms with Crippen LogP contribution in [0.2, 0.25) is 0 Å². The van der Waals surface area contributed by atoms with Gasteiger partial charge in [0.15, 0.2) is 23.0 Å². The zero-order valence-corrected chi connectivity index (χ0v) is 16.7. The molecular formula is C21H23NO8. The summed E-state index contributed by atoms with van der Waals surface area (Å²) in [6.07, 6.45) is 1.34. The van der Waals surface area contributed by atoms with E-state index in [0.29, 0.717) is 17.1 Å². The lowest BCUT2D eigenvalue weighted by atomic mass is 9.94. The average molecular weight is 417 g/mol. The number of benzene rings is 1. The van der Waals surface area contributed by atoms with E-state index < -0.39 is 23.5 Å². The Hall–Kier alpha value is -3.30. The van der Waals surface area contributed by atoms with Crippen molar-refractivity contribution in [2.75, 3.05) is 40.6 Å². The van der Waals surface area contributed by atoms with Crippen LogP contribution in [0.5, 0.6) is 11.5 Å². The zero-order chi connectivity index (χ0) is 21.7. The summed E-state index contributed by atoms with van der Waals surface area (Å²) in [6.45, 7) is 0.169. The van der Waals surface area contributed by atoms with Crippen LogP contribution < -0.4 is 9.47 Å². The maximum absolute atomic E-state index is 13.0. The first-order chi connectivity index (χ1) is 14.5. The fourth-order valence-electron chi connectivity index (χ4n) is 3.36. The summed E-state index contributed by atoms with van der Waals surface area (Å²) in [5.74, 6) is -1.03. The molecule has 1 aromatic heterocycles. The SMILES string of the molecule is COc1ccc([C@H]2C(C(=O)c3ccco3)=C(O)C(=O)N2CCOCCO)cc1OC. The van der Waals surface area contributed by atoms with Crippen molar-refractivity contribution in [2.24, 2.45) is 0 Å². The number of Topliss-reactive ketones (excluding diaryl/α,β-unsaturated/α-hetero) is 1. The quantitative estimate of drug-likeness (QED) is 0.444. The van der Waals surface area contributed by atoms with Crippen molar-refractivity contribution in [1.82, 2.24) is 4.90 Å². The van der Waals surface area contributed by atoms with Crippen LogP contribution in [0.25, 0.3) is 0 Å². The highest BCUT2D eigenvalue weighted by atomic mass is 16.5. The molecule has 9 nitrogen and oxygen atoms in total. The van der Waals surface area contributed by atoms with Gasteiger partial charge in [0.05, 0.1) is 51.9 Å². The molecule has 0 radical (unpaired) electrons. The van der Waals surface area contributed by atoms with Gasteiger partial charge < -0.3 is 33.7 Å². The zero-order valence-electron chi connectivity index (χ0n) is 16.7. The average Bonchev–Trinajstić information content (AvgIpc) is 3.38. The number of ketones is 1. The largest absolute Gasteiger partial charge is 0.503 e. The highest BCUT2D eigenvalue weighted by Crippen LogP contribution is 2.41. The second kappa shape index (κ2) is 9.47. The van der Waals surface area contributed by atoms with Gasteiger partial charge in [0.2, 0.25) is 5.78 Å². The minimum Gasteiger partial charge on any atom is -0.503 e. The van der Waals surface area contributed by atoms with Crippen LogP contribution in [0.4, 0.5) is 0 Å². The molecule has 160 valence electrons. The molecule has 0 aliphatic carbocycles. The molecule has 0 saturated heterocycles. The third-order valence-corrected chi connectivity index (χ3v) is 4.73. The summed E-state index contributed by atoms with van der Waals surface area (Å²) in [4.78, 5) is 27.2. The number of carbonyl (C=O) groups is 2. The summed E-state index contributed by atoms with van der Waals surface area (Å²) in [5, 5.41) is 19.4. The molecule has 0 saturated carbocycles. The maximum atomic E-state index is 13.0.